The molecule has 1 aromatic heterocycles. The first-order chi connectivity index (χ1) is 9.28. The molecular weight excluding hydrogens is 260 g/mol. The number of aryl methyl sites for hydroxylation is 1. The lowest BCUT2D eigenvalue weighted by molar-refractivity contribution is 0.244. The van der Waals surface area contributed by atoms with Crippen LogP contribution in [0.25, 0.3) is 0 Å². The predicted octanol–water partition coefficient (Wildman–Crippen LogP) is 3.33. The van der Waals surface area contributed by atoms with E-state index in [2.05, 4.69) is 27.8 Å². The first-order valence-electron chi connectivity index (χ1n) is 7.18. The molecule has 1 fully saturated rings. The van der Waals surface area contributed by atoms with Crippen LogP contribution in [0.4, 0.5) is 9.93 Å². The van der Waals surface area contributed by atoms with Crippen LogP contribution in [0.2, 0.25) is 0 Å². The van der Waals surface area contributed by atoms with Gasteiger partial charge in [0.15, 0.2) is 0 Å². The van der Waals surface area contributed by atoms with Gasteiger partial charge in [0.2, 0.25) is 5.13 Å². The first kappa shape index (κ1) is 14.2. The molecule has 0 unspecified atom stereocenters. The summed E-state index contributed by atoms with van der Waals surface area (Å²) in [6.07, 6.45) is 9.09. The smallest absolute Gasteiger partial charge is 0.321 e. The molecule has 19 heavy (non-hydrogen) atoms. The van der Waals surface area contributed by atoms with Crippen molar-refractivity contribution in [3.8, 4) is 0 Å². The summed E-state index contributed by atoms with van der Waals surface area (Å²) in [7, 11) is 0. The molecule has 1 aromatic rings. The van der Waals surface area contributed by atoms with Crippen molar-refractivity contribution in [2.24, 2.45) is 0 Å². The van der Waals surface area contributed by atoms with Gasteiger partial charge < -0.3 is 5.32 Å². The average Bonchev–Trinajstić information content (AvgIpc) is 2.85. The van der Waals surface area contributed by atoms with Crippen molar-refractivity contribution in [2.75, 3.05) is 5.32 Å². The lowest BCUT2D eigenvalue weighted by Crippen LogP contribution is -2.38. The Bertz CT molecular complexity index is 401. The Morgan fingerprint density at radius 3 is 2.84 bits per heavy atom. The van der Waals surface area contributed by atoms with Crippen molar-refractivity contribution >= 4 is 22.5 Å². The van der Waals surface area contributed by atoms with Crippen LogP contribution in [0.1, 0.15) is 56.9 Å². The number of urea groups is 1. The third-order valence-electron chi connectivity index (χ3n) is 3.37. The van der Waals surface area contributed by atoms with Crippen LogP contribution in [-0.4, -0.2) is 22.3 Å². The second kappa shape index (κ2) is 7.43. The van der Waals surface area contributed by atoms with Gasteiger partial charge in [0.25, 0.3) is 0 Å². The van der Waals surface area contributed by atoms with Crippen LogP contribution in [-0.2, 0) is 6.42 Å². The van der Waals surface area contributed by atoms with Crippen LogP contribution < -0.4 is 10.6 Å². The van der Waals surface area contributed by atoms with Gasteiger partial charge >= 0.3 is 6.03 Å². The van der Waals surface area contributed by atoms with Gasteiger partial charge in [-0.3, -0.25) is 5.32 Å². The molecule has 2 rings (SSSR count). The zero-order chi connectivity index (χ0) is 13.5. The maximum atomic E-state index is 11.8. The Kier molecular flexibility index (Phi) is 5.57. The first-order valence-corrected chi connectivity index (χ1v) is 7.99. The van der Waals surface area contributed by atoms with Crippen LogP contribution in [0.15, 0.2) is 0 Å². The molecule has 106 valence electrons. The van der Waals surface area contributed by atoms with E-state index >= 15 is 0 Å². The number of carbonyl (C=O) groups excluding carboxylic acids is 1. The molecule has 5 nitrogen and oxygen atoms in total. The zero-order valence-electron chi connectivity index (χ0n) is 11.4. The van der Waals surface area contributed by atoms with Crippen LogP contribution in [0, 0.1) is 0 Å². The van der Waals surface area contributed by atoms with E-state index in [0.29, 0.717) is 11.2 Å². The molecule has 2 amide bonds. The standard InChI is InChI=1S/C13H22N4OS/c1-2-3-9-11-16-17-13(19-11)15-12(18)14-10-7-5-4-6-8-10/h10H,2-9H2,1H3,(H2,14,15,17,18). The van der Waals surface area contributed by atoms with Crippen molar-refractivity contribution in [3.63, 3.8) is 0 Å². The van der Waals surface area contributed by atoms with Gasteiger partial charge in [-0.15, -0.1) is 10.2 Å². The number of hydrogen-bond donors (Lipinski definition) is 2. The SMILES string of the molecule is CCCCc1nnc(NC(=O)NC2CCCCC2)s1. The quantitative estimate of drug-likeness (QED) is 0.870. The van der Waals surface area contributed by atoms with Crippen molar-refractivity contribution in [3.05, 3.63) is 5.01 Å². The Balaban J connectivity index is 1.76. The van der Waals surface area contributed by atoms with Crippen molar-refractivity contribution in [1.82, 2.24) is 15.5 Å². The van der Waals surface area contributed by atoms with Crippen LogP contribution >= 0.6 is 11.3 Å². The van der Waals surface area contributed by atoms with E-state index in [9.17, 15) is 4.79 Å². The highest BCUT2D eigenvalue weighted by Gasteiger charge is 2.16. The van der Waals surface area contributed by atoms with Crippen molar-refractivity contribution in [1.29, 1.82) is 0 Å². The number of nitrogens with zero attached hydrogens (tertiary/aromatic N) is 2. The molecule has 0 saturated heterocycles. The monoisotopic (exact) mass is 282 g/mol. The van der Waals surface area contributed by atoms with Crippen LogP contribution in [0.5, 0.6) is 0 Å². The molecule has 0 bridgehead atoms. The second-order valence-corrected chi connectivity index (χ2v) is 6.10. The number of rotatable bonds is 5. The Morgan fingerprint density at radius 2 is 2.11 bits per heavy atom. The summed E-state index contributed by atoms with van der Waals surface area (Å²) in [5.41, 5.74) is 0. The summed E-state index contributed by atoms with van der Waals surface area (Å²) in [5.74, 6) is 0. The molecule has 0 atom stereocenters. The van der Waals surface area contributed by atoms with E-state index in [1.54, 1.807) is 0 Å². The topological polar surface area (TPSA) is 66.9 Å². The number of unbranched alkanes of at least 4 members (excludes halogenated alkanes) is 1. The van der Waals surface area contributed by atoms with Crippen molar-refractivity contribution < 1.29 is 4.79 Å². The molecule has 1 aliphatic carbocycles. The Morgan fingerprint density at radius 1 is 1.32 bits per heavy atom. The van der Waals surface area contributed by atoms with Crippen LogP contribution in [0.3, 0.4) is 0 Å². The van der Waals surface area contributed by atoms with Gasteiger partial charge in [-0.1, -0.05) is 43.9 Å². The molecule has 0 radical (unpaired) electrons. The summed E-state index contributed by atoms with van der Waals surface area (Å²) in [5, 5.41) is 15.5. The van der Waals surface area contributed by atoms with E-state index in [-0.39, 0.29) is 6.03 Å². The minimum absolute atomic E-state index is 0.148. The summed E-state index contributed by atoms with van der Waals surface area (Å²) >= 11 is 1.47. The van der Waals surface area contributed by atoms with E-state index in [1.165, 1.54) is 30.6 Å². The molecule has 0 aromatic carbocycles. The number of nitrogens with one attached hydrogen (secondary N) is 2. The molecule has 2 N–H and O–H groups in total. The van der Waals surface area contributed by atoms with E-state index in [4.69, 9.17) is 0 Å². The number of aromatic nitrogens is 2. The highest BCUT2D eigenvalue weighted by molar-refractivity contribution is 7.15. The lowest BCUT2D eigenvalue weighted by Gasteiger charge is -2.22. The third kappa shape index (κ3) is 4.78. The third-order valence-corrected chi connectivity index (χ3v) is 4.27. The Hall–Kier alpha value is -1.17. The normalized spacial score (nSPS) is 16.3. The van der Waals surface area contributed by atoms with Crippen molar-refractivity contribution in [2.45, 2.75) is 64.3 Å². The largest absolute Gasteiger partial charge is 0.335 e. The minimum Gasteiger partial charge on any atom is -0.335 e. The molecule has 1 saturated carbocycles. The molecular formula is C13H22N4OS. The maximum Gasteiger partial charge on any atom is 0.321 e. The summed E-state index contributed by atoms with van der Waals surface area (Å²) in [6.45, 7) is 2.15. The summed E-state index contributed by atoms with van der Waals surface area (Å²) in [6, 6.07) is 0.173. The van der Waals surface area contributed by atoms with Gasteiger partial charge in [-0.25, -0.2) is 4.79 Å². The predicted molar refractivity (Wildman–Crippen MR) is 77.5 cm³/mol. The maximum absolute atomic E-state index is 11.8. The van der Waals surface area contributed by atoms with Gasteiger partial charge in [-0.2, -0.15) is 0 Å². The molecule has 1 heterocycles. The summed E-state index contributed by atoms with van der Waals surface area (Å²) in [4.78, 5) is 11.8. The fourth-order valence-corrected chi connectivity index (χ4v) is 3.08. The average molecular weight is 282 g/mol. The second-order valence-electron chi connectivity index (χ2n) is 5.04. The van der Waals surface area contributed by atoms with E-state index in [1.807, 2.05) is 0 Å². The fraction of sp³-hybridized carbons (Fsp3) is 0.769. The molecule has 0 spiro atoms. The van der Waals surface area contributed by atoms with Gasteiger partial charge in [0.05, 0.1) is 0 Å². The fourth-order valence-electron chi connectivity index (χ4n) is 2.30. The van der Waals surface area contributed by atoms with Gasteiger partial charge in [0.1, 0.15) is 5.01 Å². The lowest BCUT2D eigenvalue weighted by atomic mass is 9.96. The highest BCUT2D eigenvalue weighted by Crippen LogP contribution is 2.19. The molecule has 1 aliphatic rings. The van der Waals surface area contributed by atoms with E-state index < -0.39 is 0 Å². The number of amides is 2. The molecule has 0 aliphatic heterocycles. The molecule has 6 heteroatoms. The number of hydrogen-bond acceptors (Lipinski definition) is 4. The minimum atomic E-state index is -0.148. The Labute approximate surface area is 118 Å². The number of anilines is 1. The highest BCUT2D eigenvalue weighted by atomic mass is 32.1. The number of carbonyl (C=O) groups is 1. The van der Waals surface area contributed by atoms with E-state index in [0.717, 1.165) is 37.1 Å². The zero-order valence-corrected chi connectivity index (χ0v) is 12.3. The van der Waals surface area contributed by atoms with Gasteiger partial charge in [-0.05, 0) is 19.3 Å². The summed E-state index contributed by atoms with van der Waals surface area (Å²) < 4.78 is 0. The van der Waals surface area contributed by atoms with Gasteiger partial charge in [0, 0.05) is 12.5 Å².